The minimum absolute atomic E-state index is 0.0783. The summed E-state index contributed by atoms with van der Waals surface area (Å²) in [6.07, 6.45) is 4.96. The molecule has 1 saturated carbocycles. The Morgan fingerprint density at radius 3 is 2.40 bits per heavy atom. The van der Waals surface area contributed by atoms with E-state index in [0.29, 0.717) is 13.0 Å². The van der Waals surface area contributed by atoms with Gasteiger partial charge < -0.3 is 10.2 Å². The fourth-order valence-corrected chi connectivity index (χ4v) is 4.14. The molecule has 1 atom stereocenters. The summed E-state index contributed by atoms with van der Waals surface area (Å²) < 4.78 is 13.2. The molecule has 160 valence electrons. The highest BCUT2D eigenvalue weighted by atomic mass is 19.1. The minimum atomic E-state index is -0.529. The third kappa shape index (κ3) is 5.68. The van der Waals surface area contributed by atoms with Crippen LogP contribution in [0.5, 0.6) is 0 Å². The van der Waals surface area contributed by atoms with Gasteiger partial charge in [0.1, 0.15) is 11.9 Å². The molecule has 0 heterocycles. The van der Waals surface area contributed by atoms with Crippen LogP contribution in [-0.4, -0.2) is 28.8 Å². The predicted octanol–water partition coefficient (Wildman–Crippen LogP) is 4.54. The van der Waals surface area contributed by atoms with E-state index in [9.17, 15) is 14.0 Å². The van der Waals surface area contributed by atoms with Gasteiger partial charge in [-0.3, -0.25) is 9.59 Å². The smallest absolute Gasteiger partial charge is 0.243 e. The number of nitrogens with zero attached hydrogens (tertiary/aromatic N) is 1. The summed E-state index contributed by atoms with van der Waals surface area (Å²) in [5.74, 6) is -0.533. The van der Waals surface area contributed by atoms with Crippen molar-refractivity contribution in [3.05, 3.63) is 71.0 Å². The summed E-state index contributed by atoms with van der Waals surface area (Å²) in [5, 5.41) is 3.15. The number of hydrogen-bond donors (Lipinski definition) is 1. The molecule has 0 saturated heterocycles. The number of rotatable bonds is 8. The Morgan fingerprint density at radius 2 is 1.77 bits per heavy atom. The van der Waals surface area contributed by atoms with E-state index >= 15 is 0 Å². The van der Waals surface area contributed by atoms with Crippen LogP contribution < -0.4 is 5.32 Å². The van der Waals surface area contributed by atoms with Crippen molar-refractivity contribution in [1.82, 2.24) is 10.2 Å². The predicted molar refractivity (Wildman–Crippen MR) is 116 cm³/mol. The van der Waals surface area contributed by atoms with Crippen molar-refractivity contribution < 1.29 is 14.0 Å². The molecule has 1 N–H and O–H groups in total. The third-order valence-electron chi connectivity index (χ3n) is 5.96. The molecule has 1 aliphatic rings. The molecule has 2 aromatic rings. The van der Waals surface area contributed by atoms with Gasteiger partial charge in [-0.25, -0.2) is 4.39 Å². The number of benzene rings is 2. The molecule has 4 nitrogen and oxygen atoms in total. The minimum Gasteiger partial charge on any atom is -0.352 e. The number of nitrogens with one attached hydrogen (secondary N) is 1. The summed E-state index contributed by atoms with van der Waals surface area (Å²) in [4.78, 5) is 28.1. The van der Waals surface area contributed by atoms with Gasteiger partial charge in [0.25, 0.3) is 0 Å². The van der Waals surface area contributed by atoms with Crippen LogP contribution in [0.1, 0.15) is 55.7 Å². The molecule has 1 fully saturated rings. The highest BCUT2D eigenvalue weighted by molar-refractivity contribution is 5.88. The largest absolute Gasteiger partial charge is 0.352 e. The number of carbonyl (C=O) groups excluding carboxylic acids is 2. The lowest BCUT2D eigenvalue weighted by Gasteiger charge is -2.32. The molecule has 3 rings (SSSR count). The molecule has 0 spiro atoms. The molecule has 0 bridgehead atoms. The molecular weight excluding hydrogens is 379 g/mol. The normalized spacial score (nSPS) is 15.0. The summed E-state index contributed by atoms with van der Waals surface area (Å²) in [5.41, 5.74) is 2.85. The van der Waals surface area contributed by atoms with Crippen LogP contribution in [-0.2, 0) is 22.6 Å². The quantitative estimate of drug-likeness (QED) is 0.694. The first kappa shape index (κ1) is 22.0. The lowest BCUT2D eigenvalue weighted by Crippen LogP contribution is -2.51. The second-order valence-corrected chi connectivity index (χ2v) is 8.17. The van der Waals surface area contributed by atoms with Crippen molar-refractivity contribution in [2.75, 3.05) is 0 Å². The van der Waals surface area contributed by atoms with Gasteiger partial charge in [0.15, 0.2) is 0 Å². The summed E-state index contributed by atoms with van der Waals surface area (Å²) in [7, 11) is 0. The van der Waals surface area contributed by atoms with Crippen molar-refractivity contribution in [2.45, 2.75) is 71.0 Å². The lowest BCUT2D eigenvalue weighted by atomic mass is 10.0. The van der Waals surface area contributed by atoms with E-state index in [-0.39, 0.29) is 30.1 Å². The first-order chi connectivity index (χ1) is 14.5. The highest BCUT2D eigenvalue weighted by Gasteiger charge is 2.30. The Bertz CT molecular complexity index is 860. The number of hydrogen-bond acceptors (Lipinski definition) is 2. The Hall–Kier alpha value is -2.69. The van der Waals surface area contributed by atoms with Crippen molar-refractivity contribution >= 4 is 11.8 Å². The lowest BCUT2D eigenvalue weighted by molar-refractivity contribution is -0.141. The molecule has 1 unspecified atom stereocenters. The van der Waals surface area contributed by atoms with Crippen LogP contribution >= 0.6 is 0 Å². The third-order valence-corrected chi connectivity index (χ3v) is 5.96. The van der Waals surface area contributed by atoms with Gasteiger partial charge in [-0.2, -0.15) is 0 Å². The van der Waals surface area contributed by atoms with Gasteiger partial charge in [0.05, 0.1) is 6.42 Å². The number of carbonyl (C=O) groups is 2. The monoisotopic (exact) mass is 410 g/mol. The zero-order valence-corrected chi connectivity index (χ0v) is 17.9. The first-order valence-electron chi connectivity index (χ1n) is 10.9. The maximum absolute atomic E-state index is 13.3. The zero-order chi connectivity index (χ0) is 21.5. The summed E-state index contributed by atoms with van der Waals surface area (Å²) >= 11 is 0. The summed E-state index contributed by atoms with van der Waals surface area (Å²) in [6.45, 7) is 4.33. The zero-order valence-electron chi connectivity index (χ0n) is 17.9. The van der Waals surface area contributed by atoms with Crippen molar-refractivity contribution in [2.24, 2.45) is 0 Å². The van der Waals surface area contributed by atoms with E-state index in [1.807, 2.05) is 38.1 Å². The Balaban J connectivity index is 1.82. The van der Waals surface area contributed by atoms with Crippen LogP contribution in [0, 0.1) is 12.7 Å². The van der Waals surface area contributed by atoms with Gasteiger partial charge >= 0.3 is 0 Å². The van der Waals surface area contributed by atoms with Crippen LogP contribution in [0.2, 0.25) is 0 Å². The van der Waals surface area contributed by atoms with Gasteiger partial charge in [-0.05, 0) is 55.0 Å². The van der Waals surface area contributed by atoms with E-state index in [2.05, 4.69) is 5.32 Å². The van der Waals surface area contributed by atoms with Crippen LogP contribution in [0.25, 0.3) is 0 Å². The van der Waals surface area contributed by atoms with E-state index in [1.54, 1.807) is 17.0 Å². The van der Waals surface area contributed by atoms with E-state index < -0.39 is 6.04 Å². The Labute approximate surface area is 178 Å². The fraction of sp³-hybridized carbons (Fsp3) is 0.440. The fourth-order valence-electron chi connectivity index (χ4n) is 4.14. The average molecular weight is 411 g/mol. The SMILES string of the molecule is CCC(C(=O)NC1CCCC1)N(Cc1ccccc1C)C(=O)Cc1ccc(F)cc1. The van der Waals surface area contributed by atoms with Crippen LogP contribution in [0.3, 0.4) is 0 Å². The molecule has 0 aliphatic heterocycles. The van der Waals surface area contributed by atoms with Crippen LogP contribution in [0.15, 0.2) is 48.5 Å². The average Bonchev–Trinajstić information content (AvgIpc) is 3.24. The molecule has 0 aromatic heterocycles. The molecule has 5 heteroatoms. The second-order valence-electron chi connectivity index (χ2n) is 8.17. The topological polar surface area (TPSA) is 49.4 Å². The van der Waals surface area contributed by atoms with Crippen molar-refractivity contribution in [3.63, 3.8) is 0 Å². The molecule has 2 aromatic carbocycles. The first-order valence-corrected chi connectivity index (χ1v) is 10.9. The molecule has 2 amide bonds. The second kappa shape index (κ2) is 10.4. The number of aryl methyl sites for hydroxylation is 1. The van der Waals surface area contributed by atoms with Gasteiger partial charge in [0, 0.05) is 12.6 Å². The molecule has 0 radical (unpaired) electrons. The maximum atomic E-state index is 13.3. The van der Waals surface area contributed by atoms with Gasteiger partial charge in [-0.1, -0.05) is 56.2 Å². The Morgan fingerprint density at radius 1 is 1.10 bits per heavy atom. The Kier molecular flexibility index (Phi) is 7.61. The number of halogens is 1. The van der Waals surface area contributed by atoms with Crippen LogP contribution in [0.4, 0.5) is 4.39 Å². The maximum Gasteiger partial charge on any atom is 0.243 e. The standard InChI is InChI=1S/C25H31FN2O2/c1-3-23(25(30)27-22-10-6-7-11-22)28(17-20-9-5-4-8-18(20)2)24(29)16-19-12-14-21(26)15-13-19/h4-5,8-9,12-15,22-23H,3,6-7,10-11,16-17H2,1-2H3,(H,27,30). The number of amides is 2. The molecule has 30 heavy (non-hydrogen) atoms. The van der Waals surface area contributed by atoms with E-state index in [0.717, 1.165) is 42.4 Å². The van der Waals surface area contributed by atoms with E-state index in [4.69, 9.17) is 0 Å². The molecular formula is C25H31FN2O2. The van der Waals surface area contributed by atoms with Gasteiger partial charge in [0.2, 0.25) is 11.8 Å². The van der Waals surface area contributed by atoms with Gasteiger partial charge in [-0.15, -0.1) is 0 Å². The molecule has 1 aliphatic carbocycles. The summed E-state index contributed by atoms with van der Waals surface area (Å²) in [6, 6.07) is 13.6. The van der Waals surface area contributed by atoms with Crippen molar-refractivity contribution in [1.29, 1.82) is 0 Å². The van der Waals surface area contributed by atoms with E-state index in [1.165, 1.54) is 12.1 Å². The highest BCUT2D eigenvalue weighted by Crippen LogP contribution is 2.20. The van der Waals surface area contributed by atoms with Crippen molar-refractivity contribution in [3.8, 4) is 0 Å².